The molecule has 2 rings (SSSR count). The van der Waals surface area contributed by atoms with Crippen LogP contribution in [0.4, 0.5) is 8.78 Å². The molecule has 0 fully saturated rings. The Hall–Kier alpha value is -1.47. The van der Waals surface area contributed by atoms with Crippen LogP contribution in [0.3, 0.4) is 0 Å². The molecule has 2 heterocycles. The minimum atomic E-state index is -2.38. The highest BCUT2D eigenvalue weighted by Crippen LogP contribution is 2.10. The number of nitrogens with zero attached hydrogens (tertiary/aromatic N) is 4. The minimum absolute atomic E-state index is 0. The Balaban J connectivity index is 0.00000242. The van der Waals surface area contributed by atoms with Gasteiger partial charge in [0.15, 0.2) is 0 Å². The molecule has 8 heteroatoms. The molecular weight excluding hydrogens is 312 g/mol. The first-order valence-corrected chi connectivity index (χ1v) is 7.04. The molecule has 0 aromatic carbocycles. The molecule has 0 aliphatic rings. The summed E-state index contributed by atoms with van der Waals surface area (Å²) in [5.41, 5.74) is 3.88. The van der Waals surface area contributed by atoms with Crippen LogP contribution in [0.5, 0.6) is 0 Å². The van der Waals surface area contributed by atoms with Gasteiger partial charge in [-0.2, -0.15) is 10.2 Å². The summed E-state index contributed by atoms with van der Waals surface area (Å²) in [4.78, 5) is 0. The second-order valence-electron chi connectivity index (χ2n) is 5.03. The van der Waals surface area contributed by atoms with Crippen LogP contribution in [0.2, 0.25) is 0 Å². The maximum Gasteiger partial charge on any atom is 0.257 e. The lowest BCUT2D eigenvalue weighted by atomic mass is 10.2. The van der Waals surface area contributed by atoms with E-state index in [9.17, 15) is 8.78 Å². The van der Waals surface area contributed by atoms with Gasteiger partial charge in [0.25, 0.3) is 6.43 Å². The largest absolute Gasteiger partial charge is 0.308 e. The van der Waals surface area contributed by atoms with Gasteiger partial charge >= 0.3 is 0 Å². The van der Waals surface area contributed by atoms with E-state index in [4.69, 9.17) is 0 Å². The molecule has 1 N–H and O–H groups in total. The summed E-state index contributed by atoms with van der Waals surface area (Å²) >= 11 is 0. The van der Waals surface area contributed by atoms with Crippen molar-refractivity contribution in [2.45, 2.75) is 53.4 Å². The van der Waals surface area contributed by atoms with Crippen LogP contribution in [0.1, 0.15) is 29.4 Å². The van der Waals surface area contributed by atoms with Crippen molar-refractivity contribution < 1.29 is 8.78 Å². The summed E-state index contributed by atoms with van der Waals surface area (Å²) in [5.74, 6) is 0. The molecule has 0 saturated carbocycles. The van der Waals surface area contributed by atoms with E-state index in [1.165, 1.54) is 4.68 Å². The zero-order valence-electron chi connectivity index (χ0n) is 13.0. The highest BCUT2D eigenvalue weighted by atomic mass is 35.5. The molecule has 0 saturated heterocycles. The molecule has 2 aromatic rings. The molecule has 0 bridgehead atoms. The van der Waals surface area contributed by atoms with Crippen LogP contribution < -0.4 is 5.32 Å². The topological polar surface area (TPSA) is 47.7 Å². The van der Waals surface area contributed by atoms with Crippen molar-refractivity contribution in [1.82, 2.24) is 24.9 Å². The second-order valence-corrected chi connectivity index (χ2v) is 5.03. The molecule has 124 valence electrons. The van der Waals surface area contributed by atoms with Gasteiger partial charge < -0.3 is 5.32 Å². The smallest absolute Gasteiger partial charge is 0.257 e. The monoisotopic (exact) mass is 333 g/mol. The number of aromatic nitrogens is 4. The summed E-state index contributed by atoms with van der Waals surface area (Å²) in [5, 5.41) is 11.7. The second kappa shape index (κ2) is 8.24. The van der Waals surface area contributed by atoms with E-state index >= 15 is 0 Å². The van der Waals surface area contributed by atoms with E-state index in [0.29, 0.717) is 13.1 Å². The van der Waals surface area contributed by atoms with Crippen LogP contribution in [0.25, 0.3) is 0 Å². The zero-order valence-corrected chi connectivity index (χ0v) is 13.8. The molecule has 0 aliphatic heterocycles. The van der Waals surface area contributed by atoms with E-state index in [1.807, 2.05) is 31.6 Å². The fourth-order valence-electron chi connectivity index (χ4n) is 2.20. The number of aryl methyl sites for hydroxylation is 2. The zero-order chi connectivity index (χ0) is 15.4. The van der Waals surface area contributed by atoms with Gasteiger partial charge in [-0.15, -0.1) is 12.4 Å². The van der Waals surface area contributed by atoms with Gasteiger partial charge in [-0.05, 0) is 20.8 Å². The fourth-order valence-corrected chi connectivity index (χ4v) is 2.20. The van der Waals surface area contributed by atoms with Crippen molar-refractivity contribution in [3.05, 3.63) is 34.9 Å². The van der Waals surface area contributed by atoms with Crippen LogP contribution >= 0.6 is 12.4 Å². The summed E-state index contributed by atoms with van der Waals surface area (Å²) in [6.07, 6.45) is 1.29. The molecule has 22 heavy (non-hydrogen) atoms. The van der Waals surface area contributed by atoms with E-state index in [1.54, 1.807) is 6.20 Å². The summed E-state index contributed by atoms with van der Waals surface area (Å²) in [6.45, 7) is 7.64. The van der Waals surface area contributed by atoms with Gasteiger partial charge in [0.2, 0.25) is 0 Å². The number of rotatable bonds is 7. The third-order valence-electron chi connectivity index (χ3n) is 3.52. The predicted octanol–water partition coefficient (Wildman–Crippen LogP) is 2.69. The van der Waals surface area contributed by atoms with Crippen molar-refractivity contribution in [2.24, 2.45) is 0 Å². The first-order valence-electron chi connectivity index (χ1n) is 7.04. The van der Waals surface area contributed by atoms with E-state index < -0.39 is 6.43 Å². The average molecular weight is 334 g/mol. The number of hydrogen-bond acceptors (Lipinski definition) is 3. The normalized spacial score (nSPS) is 11.0. The Bertz CT molecular complexity index is 594. The van der Waals surface area contributed by atoms with Crippen molar-refractivity contribution in [3.8, 4) is 0 Å². The quantitative estimate of drug-likeness (QED) is 0.847. The summed E-state index contributed by atoms with van der Waals surface area (Å²) in [7, 11) is 0. The molecule has 2 aromatic heterocycles. The number of hydrogen-bond donors (Lipinski definition) is 1. The Morgan fingerprint density at radius 3 is 2.50 bits per heavy atom. The van der Waals surface area contributed by atoms with Crippen LogP contribution in [0, 0.1) is 13.8 Å². The third-order valence-corrected chi connectivity index (χ3v) is 3.52. The molecule has 0 spiro atoms. The van der Waals surface area contributed by atoms with Crippen molar-refractivity contribution >= 4 is 12.4 Å². The van der Waals surface area contributed by atoms with Crippen LogP contribution in [-0.4, -0.2) is 26.0 Å². The summed E-state index contributed by atoms with van der Waals surface area (Å²) in [6, 6.07) is 0. The lowest BCUT2D eigenvalue weighted by Crippen LogP contribution is -2.14. The van der Waals surface area contributed by atoms with E-state index in [2.05, 4.69) is 15.5 Å². The Labute approximate surface area is 135 Å². The third kappa shape index (κ3) is 4.51. The maximum absolute atomic E-state index is 12.4. The van der Waals surface area contributed by atoms with Gasteiger partial charge in [-0.25, -0.2) is 8.78 Å². The van der Waals surface area contributed by atoms with Gasteiger partial charge in [-0.1, -0.05) is 0 Å². The molecular formula is C14H22ClF2N5. The highest BCUT2D eigenvalue weighted by Gasteiger charge is 2.11. The Morgan fingerprint density at radius 1 is 1.23 bits per heavy atom. The molecule has 0 aliphatic carbocycles. The molecule has 0 amide bonds. The van der Waals surface area contributed by atoms with Gasteiger partial charge in [-0.3, -0.25) is 9.36 Å². The standard InChI is InChI=1S/C14H21F2N5.ClH/c1-4-20-8-13(10(2)19-20)6-17-5-12-7-18-21(11(12)3)9-14(15)16;/h7-8,14,17H,4-6,9H2,1-3H3;1H. The lowest BCUT2D eigenvalue weighted by molar-refractivity contribution is 0.121. The number of halogens is 3. The van der Waals surface area contributed by atoms with Gasteiger partial charge in [0.1, 0.15) is 6.54 Å². The predicted molar refractivity (Wildman–Crippen MR) is 83.4 cm³/mol. The van der Waals surface area contributed by atoms with Crippen LogP contribution in [-0.2, 0) is 26.2 Å². The number of nitrogens with one attached hydrogen (secondary N) is 1. The Morgan fingerprint density at radius 2 is 1.91 bits per heavy atom. The van der Waals surface area contributed by atoms with E-state index in [-0.39, 0.29) is 19.0 Å². The van der Waals surface area contributed by atoms with Crippen molar-refractivity contribution in [2.75, 3.05) is 0 Å². The van der Waals surface area contributed by atoms with Crippen LogP contribution in [0.15, 0.2) is 12.4 Å². The van der Waals surface area contributed by atoms with Crippen molar-refractivity contribution in [3.63, 3.8) is 0 Å². The maximum atomic E-state index is 12.4. The minimum Gasteiger partial charge on any atom is -0.308 e. The number of alkyl halides is 2. The summed E-state index contributed by atoms with van der Waals surface area (Å²) < 4.78 is 28.0. The molecule has 5 nitrogen and oxygen atoms in total. The molecule has 0 radical (unpaired) electrons. The Kier molecular flexibility index (Phi) is 6.96. The molecule has 0 unspecified atom stereocenters. The lowest BCUT2D eigenvalue weighted by Gasteiger charge is -2.06. The average Bonchev–Trinajstić information content (AvgIpc) is 2.95. The first-order chi connectivity index (χ1) is 10.0. The first kappa shape index (κ1) is 18.6. The SMILES string of the molecule is CCn1cc(CNCc2cnn(CC(F)F)c2C)c(C)n1.Cl. The highest BCUT2D eigenvalue weighted by molar-refractivity contribution is 5.85. The fraction of sp³-hybridized carbons (Fsp3) is 0.571. The van der Waals surface area contributed by atoms with Gasteiger partial charge in [0.05, 0.1) is 11.9 Å². The van der Waals surface area contributed by atoms with E-state index in [0.717, 1.165) is 29.1 Å². The molecule has 0 atom stereocenters. The van der Waals surface area contributed by atoms with Crippen molar-refractivity contribution in [1.29, 1.82) is 0 Å². The van der Waals surface area contributed by atoms with Gasteiger partial charge in [0, 0.05) is 42.7 Å².